The zero-order valence-electron chi connectivity index (χ0n) is 34.9. The molecule has 18 nitrogen and oxygen atoms in total. The molecule has 6 amide bonds. The molecule has 0 spiro atoms. The zero-order chi connectivity index (χ0) is 42.7. The molecule has 0 unspecified atom stereocenters. The lowest BCUT2D eigenvalue weighted by Gasteiger charge is -2.30. The lowest BCUT2D eigenvalue weighted by molar-refractivity contribution is -0.141. The average Bonchev–Trinajstić information content (AvgIpc) is 3.42. The molecule has 19 heteroatoms. The number of urea groups is 1. The number of imidazole rings is 1. The topological polar surface area (TPSA) is 222 Å². The number of hydrogen-bond acceptors (Lipinski definition) is 10. The molecule has 3 aliphatic rings. The molecule has 58 heavy (non-hydrogen) atoms. The van der Waals surface area contributed by atoms with Crippen LogP contribution in [0.4, 0.5) is 15.3 Å². The van der Waals surface area contributed by atoms with Crippen molar-refractivity contribution in [2.75, 3.05) is 26.0 Å². The van der Waals surface area contributed by atoms with Gasteiger partial charge in [0.25, 0.3) is 11.9 Å². The first-order chi connectivity index (χ1) is 27.1. The molecule has 3 heterocycles. The van der Waals surface area contributed by atoms with E-state index in [1.807, 2.05) is 50.5 Å². The molecule has 2 fully saturated rings. The SMILES string of the molecule is CC(C)NC(=O)Nc1cccc2c1nc(O[C@@H]1C[C@H]3C(=O)N[C@]4(C(=O)NS(=O)(=O)N(C)C)C[C@H]4/C=C\CCCCC[C@H](NC(=O)OC(C)(C)C)C(=O)N3C1)n2C(C)C. The number of nitrogens with zero attached hydrogens (tertiary/aromatic N) is 4. The van der Waals surface area contributed by atoms with Gasteiger partial charge in [-0.3, -0.25) is 19.0 Å². The van der Waals surface area contributed by atoms with Crippen LogP contribution in [-0.2, 0) is 29.3 Å². The molecule has 0 radical (unpaired) electrons. The summed E-state index contributed by atoms with van der Waals surface area (Å²) >= 11 is 0. The highest BCUT2D eigenvalue weighted by molar-refractivity contribution is 7.87. The van der Waals surface area contributed by atoms with Crippen LogP contribution >= 0.6 is 0 Å². The normalized spacial score (nSPS) is 24.9. The fourth-order valence-electron chi connectivity index (χ4n) is 7.26. The van der Waals surface area contributed by atoms with Crippen LogP contribution in [-0.4, -0.2) is 113 Å². The van der Waals surface area contributed by atoms with Crippen molar-refractivity contribution >= 4 is 56.8 Å². The van der Waals surface area contributed by atoms with Crippen molar-refractivity contribution in [1.29, 1.82) is 0 Å². The van der Waals surface area contributed by atoms with E-state index < -0.39 is 75.3 Å². The van der Waals surface area contributed by atoms with Crippen molar-refractivity contribution in [2.45, 2.75) is 135 Å². The molecule has 1 aromatic heterocycles. The maximum atomic E-state index is 14.6. The molecule has 5 N–H and O–H groups in total. The van der Waals surface area contributed by atoms with Crippen molar-refractivity contribution in [3.8, 4) is 6.01 Å². The summed E-state index contributed by atoms with van der Waals surface area (Å²) in [5.41, 5.74) is -0.807. The standard InChI is InChI=1S/C39H59N9O9S/c1-23(2)40-35(52)41-27-18-15-19-29-31(27)43-36(48(29)24(3)4)56-26-20-30-32(49)44-39(34(51)45-58(54,55)46(8)9)21-25(39)16-13-11-10-12-14-17-28(33(50)47(30)22-26)42-37(53)57-38(5,6)7/h13,15-16,18-19,23-26,28,30H,10-12,14,17,20-22H2,1-9H3,(H,42,53)(H,44,49)(H,45,51)(H2,40,41,52)/b16-13-/t25-,26-,28+,30+,39-/m1/s1. The molecule has 320 valence electrons. The van der Waals surface area contributed by atoms with Gasteiger partial charge in [0.05, 0.1) is 17.7 Å². The molecule has 5 atom stereocenters. The predicted octanol–water partition coefficient (Wildman–Crippen LogP) is 3.71. The predicted molar refractivity (Wildman–Crippen MR) is 217 cm³/mol. The van der Waals surface area contributed by atoms with Gasteiger partial charge in [-0.15, -0.1) is 0 Å². The van der Waals surface area contributed by atoms with Crippen molar-refractivity contribution in [3.05, 3.63) is 30.4 Å². The van der Waals surface area contributed by atoms with E-state index in [0.717, 1.165) is 17.1 Å². The third kappa shape index (κ3) is 10.4. The van der Waals surface area contributed by atoms with Gasteiger partial charge in [-0.1, -0.05) is 31.1 Å². The number of fused-ring (bicyclic) bond motifs is 3. The van der Waals surface area contributed by atoms with Gasteiger partial charge in [0.2, 0.25) is 11.8 Å². The Morgan fingerprint density at radius 1 is 1.07 bits per heavy atom. The van der Waals surface area contributed by atoms with E-state index in [-0.39, 0.29) is 43.9 Å². The Hall–Kier alpha value is -4.91. The van der Waals surface area contributed by atoms with Gasteiger partial charge in [-0.05, 0) is 86.3 Å². The van der Waals surface area contributed by atoms with Crippen LogP contribution in [0.25, 0.3) is 11.0 Å². The number of para-hydroxylation sites is 1. The van der Waals surface area contributed by atoms with Crippen LogP contribution in [0, 0.1) is 5.92 Å². The van der Waals surface area contributed by atoms with E-state index in [1.54, 1.807) is 32.9 Å². The van der Waals surface area contributed by atoms with Gasteiger partial charge in [-0.25, -0.2) is 14.3 Å². The Morgan fingerprint density at radius 2 is 1.79 bits per heavy atom. The number of benzene rings is 1. The third-order valence-electron chi connectivity index (χ3n) is 10.2. The first-order valence-corrected chi connectivity index (χ1v) is 21.3. The van der Waals surface area contributed by atoms with E-state index in [1.165, 1.54) is 19.0 Å². The second kappa shape index (κ2) is 17.5. The maximum Gasteiger partial charge on any atom is 0.408 e. The molecule has 2 aromatic rings. The van der Waals surface area contributed by atoms with Crippen molar-refractivity contribution < 1.29 is 41.9 Å². The van der Waals surface area contributed by atoms with Gasteiger partial charge in [0.1, 0.15) is 34.8 Å². The average molecular weight is 830 g/mol. The lowest BCUT2D eigenvalue weighted by Crippen LogP contribution is -2.58. The van der Waals surface area contributed by atoms with Crippen LogP contribution in [0.15, 0.2) is 30.4 Å². The molecular formula is C39H59N9O9S. The van der Waals surface area contributed by atoms with Crippen LogP contribution in [0.3, 0.4) is 0 Å². The number of amides is 6. The van der Waals surface area contributed by atoms with Crippen LogP contribution < -0.4 is 30.7 Å². The smallest absolute Gasteiger partial charge is 0.408 e. The number of aromatic nitrogens is 2. The number of allylic oxidation sites excluding steroid dienone is 1. The van der Waals surface area contributed by atoms with Crippen LogP contribution in [0.5, 0.6) is 6.01 Å². The van der Waals surface area contributed by atoms with E-state index >= 15 is 0 Å². The summed E-state index contributed by atoms with van der Waals surface area (Å²) in [6, 6.07) is 2.69. The summed E-state index contributed by atoms with van der Waals surface area (Å²) in [6.07, 6.45) is 5.32. The largest absolute Gasteiger partial charge is 0.459 e. The highest BCUT2D eigenvalue weighted by atomic mass is 32.2. The maximum absolute atomic E-state index is 14.6. The Labute approximate surface area is 340 Å². The van der Waals surface area contributed by atoms with Gasteiger partial charge >= 0.3 is 22.3 Å². The second-order valence-electron chi connectivity index (χ2n) is 17.0. The highest BCUT2D eigenvalue weighted by Gasteiger charge is 2.62. The minimum atomic E-state index is -4.20. The number of alkyl carbamates (subject to hydrolysis) is 1. The number of hydrogen-bond donors (Lipinski definition) is 5. The van der Waals surface area contributed by atoms with E-state index in [4.69, 9.17) is 14.5 Å². The van der Waals surface area contributed by atoms with Crippen molar-refractivity contribution in [3.63, 3.8) is 0 Å². The lowest BCUT2D eigenvalue weighted by atomic mass is 10.0. The number of anilines is 1. The van der Waals surface area contributed by atoms with Crippen molar-refractivity contribution in [1.82, 2.24) is 39.4 Å². The molecule has 1 aliphatic carbocycles. The van der Waals surface area contributed by atoms with Crippen molar-refractivity contribution in [2.24, 2.45) is 5.92 Å². The summed E-state index contributed by atoms with van der Waals surface area (Å²) in [5.74, 6) is -2.60. The fourth-order valence-corrected chi connectivity index (χ4v) is 7.86. The third-order valence-corrected chi connectivity index (χ3v) is 11.6. The Balaban J connectivity index is 1.51. The monoisotopic (exact) mass is 829 g/mol. The number of nitrogens with one attached hydrogen (secondary N) is 5. The van der Waals surface area contributed by atoms with E-state index in [2.05, 4.69) is 26.0 Å². The number of carbonyl (C=O) groups excluding carboxylic acids is 5. The number of rotatable bonds is 9. The molecule has 1 saturated carbocycles. The molecule has 1 aromatic carbocycles. The van der Waals surface area contributed by atoms with Gasteiger partial charge < -0.3 is 35.6 Å². The quantitative estimate of drug-likeness (QED) is 0.231. The molecule has 0 bridgehead atoms. The fraction of sp³-hybridized carbons (Fsp3) is 0.641. The van der Waals surface area contributed by atoms with Crippen LogP contribution in [0.1, 0.15) is 99.5 Å². The van der Waals surface area contributed by atoms with Crippen LogP contribution in [0.2, 0.25) is 0 Å². The number of carbonyl (C=O) groups is 5. The summed E-state index contributed by atoms with van der Waals surface area (Å²) in [5, 5.41) is 11.2. The Morgan fingerprint density at radius 3 is 2.45 bits per heavy atom. The molecule has 2 aliphatic heterocycles. The summed E-state index contributed by atoms with van der Waals surface area (Å²) < 4.78 is 42.4. The van der Waals surface area contributed by atoms with Gasteiger partial charge in [0.15, 0.2) is 0 Å². The summed E-state index contributed by atoms with van der Waals surface area (Å²) in [7, 11) is -1.63. The Bertz CT molecular complexity index is 2020. The van der Waals surface area contributed by atoms with E-state index in [0.29, 0.717) is 29.6 Å². The second-order valence-corrected chi connectivity index (χ2v) is 18.9. The molecule has 1 saturated heterocycles. The number of ether oxygens (including phenoxy) is 2. The molecule has 5 rings (SSSR count). The minimum absolute atomic E-state index is 0.0197. The molecular weight excluding hydrogens is 771 g/mol. The zero-order valence-corrected chi connectivity index (χ0v) is 35.7. The highest BCUT2D eigenvalue weighted by Crippen LogP contribution is 2.46. The van der Waals surface area contributed by atoms with E-state index in [9.17, 15) is 32.4 Å². The van der Waals surface area contributed by atoms with Gasteiger partial charge in [-0.2, -0.15) is 17.7 Å². The summed E-state index contributed by atoms with van der Waals surface area (Å²) in [4.78, 5) is 74.7. The van der Waals surface area contributed by atoms with Gasteiger partial charge in [0, 0.05) is 38.5 Å². The first-order valence-electron chi connectivity index (χ1n) is 19.9. The Kier molecular flexibility index (Phi) is 13.4. The first kappa shape index (κ1) is 44.2. The summed E-state index contributed by atoms with van der Waals surface area (Å²) in [6.45, 7) is 12.7. The minimum Gasteiger partial charge on any atom is -0.459 e.